The summed E-state index contributed by atoms with van der Waals surface area (Å²) in [5, 5.41) is 0. The van der Waals surface area contributed by atoms with Crippen molar-refractivity contribution in [3.63, 3.8) is 0 Å². The number of hydrogen-bond acceptors (Lipinski definition) is 8. The fourth-order valence-electron chi connectivity index (χ4n) is 6.34. The maximum absolute atomic E-state index is 5.26. The third kappa shape index (κ3) is 6.05. The van der Waals surface area contributed by atoms with Crippen molar-refractivity contribution < 1.29 is 0 Å². The first-order valence-corrected chi connectivity index (χ1v) is 16.8. The Morgan fingerprint density at radius 3 is 1.15 bits per heavy atom. The normalized spacial score (nSPS) is 14.1. The van der Waals surface area contributed by atoms with E-state index in [1.807, 2.05) is 73.3 Å². The second-order valence-electron chi connectivity index (χ2n) is 12.2. The van der Waals surface area contributed by atoms with Gasteiger partial charge in [-0.15, -0.1) is 0 Å². The molecule has 0 amide bonds. The molecule has 1 aliphatic rings. The summed E-state index contributed by atoms with van der Waals surface area (Å²) < 4.78 is 0. The van der Waals surface area contributed by atoms with Crippen LogP contribution in [0.15, 0.2) is 181 Å². The van der Waals surface area contributed by atoms with Crippen LogP contribution >= 0.6 is 0 Å². The molecule has 0 saturated carbocycles. The molecule has 0 fully saturated rings. The van der Waals surface area contributed by atoms with Gasteiger partial charge < -0.3 is 0 Å². The van der Waals surface area contributed by atoms with E-state index < -0.39 is 0 Å². The summed E-state index contributed by atoms with van der Waals surface area (Å²) >= 11 is 0. The molecule has 244 valence electrons. The zero-order chi connectivity index (χ0) is 34.7. The van der Waals surface area contributed by atoms with E-state index in [9.17, 15) is 0 Å². The highest BCUT2D eigenvalue weighted by Gasteiger charge is 2.21. The predicted molar refractivity (Wildman–Crippen MR) is 205 cm³/mol. The molecule has 0 spiro atoms. The summed E-state index contributed by atoms with van der Waals surface area (Å²) in [5.74, 6) is 0. The minimum atomic E-state index is 0.728. The fourth-order valence-corrected chi connectivity index (χ4v) is 6.34. The van der Waals surface area contributed by atoms with Gasteiger partial charge in [0.1, 0.15) is 0 Å². The zero-order valence-corrected chi connectivity index (χ0v) is 27.7. The van der Waals surface area contributed by atoms with Crippen LogP contribution in [-0.4, -0.2) is 41.3 Å². The molecular formula is C44H28N8. The lowest BCUT2D eigenvalue weighted by molar-refractivity contribution is 1.26. The molecule has 8 aromatic rings. The number of hydrogen-bond donors (Lipinski definition) is 0. The lowest BCUT2D eigenvalue weighted by Crippen LogP contribution is -2.10. The van der Waals surface area contributed by atoms with Crippen LogP contribution < -0.4 is 0 Å². The molecule has 7 heterocycles. The molecule has 0 saturated heterocycles. The third-order valence-electron chi connectivity index (χ3n) is 8.96. The summed E-state index contributed by atoms with van der Waals surface area (Å²) in [6, 6.07) is 36.6. The Balaban J connectivity index is 1.07. The number of rotatable bonds is 6. The number of aliphatic imine (C=N–C) groups is 2. The van der Waals surface area contributed by atoms with Crippen LogP contribution in [0.1, 0.15) is 22.3 Å². The summed E-state index contributed by atoms with van der Waals surface area (Å²) in [4.78, 5) is 37.4. The molecule has 8 nitrogen and oxygen atoms in total. The van der Waals surface area contributed by atoms with E-state index in [1.54, 1.807) is 37.2 Å². The van der Waals surface area contributed by atoms with Gasteiger partial charge in [0.15, 0.2) is 0 Å². The molecule has 1 aliphatic heterocycles. The first-order chi connectivity index (χ1) is 25.8. The number of benzene rings is 2. The monoisotopic (exact) mass is 668 g/mol. The Bertz CT molecular complexity index is 2420. The van der Waals surface area contributed by atoms with E-state index in [2.05, 4.69) is 90.6 Å². The van der Waals surface area contributed by atoms with E-state index in [-0.39, 0.29) is 0 Å². The Morgan fingerprint density at radius 2 is 0.731 bits per heavy atom. The molecule has 0 atom stereocenters. The van der Waals surface area contributed by atoms with Gasteiger partial charge in [-0.2, -0.15) is 0 Å². The van der Waals surface area contributed by atoms with Gasteiger partial charge in [-0.05, 0) is 59.7 Å². The topological polar surface area (TPSA) is 102 Å². The van der Waals surface area contributed by atoms with Crippen molar-refractivity contribution in [3.8, 4) is 44.8 Å². The highest BCUT2D eigenvalue weighted by atomic mass is 14.9. The Labute approximate surface area is 300 Å². The molecule has 52 heavy (non-hydrogen) atoms. The molecule has 0 unspecified atom stereocenters. The van der Waals surface area contributed by atoms with Crippen molar-refractivity contribution in [1.82, 2.24) is 29.9 Å². The average molecular weight is 669 g/mol. The van der Waals surface area contributed by atoms with Crippen LogP contribution in [0.3, 0.4) is 0 Å². The number of nitrogens with zero attached hydrogens (tertiary/aromatic N) is 8. The molecule has 0 N–H and O–H groups in total. The van der Waals surface area contributed by atoms with Crippen molar-refractivity contribution in [2.75, 3.05) is 0 Å². The minimum Gasteiger partial charge on any atom is -0.263 e. The second-order valence-corrected chi connectivity index (χ2v) is 12.2. The summed E-state index contributed by atoms with van der Waals surface area (Å²) in [6.45, 7) is 0. The molecule has 0 aliphatic carbocycles. The van der Waals surface area contributed by atoms with Gasteiger partial charge in [-0.25, -0.2) is 9.98 Å². The molecule has 0 radical (unpaired) electrons. The van der Waals surface area contributed by atoms with Crippen molar-refractivity contribution in [2.24, 2.45) is 9.98 Å². The van der Waals surface area contributed by atoms with E-state index >= 15 is 0 Å². The van der Waals surface area contributed by atoms with Crippen LogP contribution in [-0.2, 0) is 0 Å². The highest BCUT2D eigenvalue weighted by molar-refractivity contribution is 6.22. The number of pyridine rings is 6. The standard InChI is InChI=1S/C44H28N8/c1-3-17-49-39(5-1)35-21-33(23-47-25-35)29-7-11-31(12-8-29)43-37-15-19-45-27-41(37)52-44(38-16-20-46-28-42(38)51-43)32-13-9-30(10-14-32)34-22-36(26-48-24-34)40-6-2-4-18-50-40/h1-28H/b43-37?,44-38?,51-42?,51-43-,52-41?,52-44-. The smallest absolute Gasteiger partial charge is 0.0914 e. The minimum absolute atomic E-state index is 0.728. The van der Waals surface area contributed by atoms with Crippen LogP contribution in [0.5, 0.6) is 0 Å². The van der Waals surface area contributed by atoms with E-state index in [1.165, 1.54) is 0 Å². The van der Waals surface area contributed by atoms with E-state index in [0.717, 1.165) is 89.8 Å². The van der Waals surface area contributed by atoms with Gasteiger partial charge >= 0.3 is 0 Å². The maximum Gasteiger partial charge on any atom is 0.0914 e. The molecular weight excluding hydrogens is 641 g/mol. The summed E-state index contributed by atoms with van der Waals surface area (Å²) in [7, 11) is 0. The van der Waals surface area contributed by atoms with Gasteiger partial charge in [0.2, 0.25) is 0 Å². The SMILES string of the molecule is c1ccc(-c2cncc(-c3ccc(/C4=N/c5cnccc5/C(c5ccc(-c6cncc(-c7ccccn7)c6)cc5)=N\c5cnccc54)cc3)c2)nc1. The van der Waals surface area contributed by atoms with Gasteiger partial charge in [-0.1, -0.05) is 60.7 Å². The van der Waals surface area contributed by atoms with Gasteiger partial charge in [0.05, 0.1) is 46.6 Å². The van der Waals surface area contributed by atoms with Crippen LogP contribution in [0.2, 0.25) is 0 Å². The Kier molecular flexibility index (Phi) is 7.99. The zero-order valence-electron chi connectivity index (χ0n) is 27.7. The maximum atomic E-state index is 5.26. The molecule has 2 aromatic carbocycles. The van der Waals surface area contributed by atoms with Gasteiger partial charge in [0, 0.05) is 94.1 Å². The van der Waals surface area contributed by atoms with Crippen molar-refractivity contribution in [3.05, 3.63) is 193 Å². The first kappa shape index (κ1) is 30.7. The van der Waals surface area contributed by atoms with Crippen molar-refractivity contribution in [1.29, 1.82) is 0 Å². The molecule has 0 bridgehead atoms. The largest absolute Gasteiger partial charge is 0.263 e. The van der Waals surface area contributed by atoms with Crippen molar-refractivity contribution in [2.45, 2.75) is 0 Å². The second kappa shape index (κ2) is 13.5. The van der Waals surface area contributed by atoms with Crippen LogP contribution in [0.25, 0.3) is 44.8 Å². The quantitative estimate of drug-likeness (QED) is 0.175. The van der Waals surface area contributed by atoms with Gasteiger partial charge in [-0.3, -0.25) is 29.9 Å². The Hall–Kier alpha value is -7.32. The average Bonchev–Trinajstić information content (AvgIpc) is 3.22. The summed E-state index contributed by atoms with van der Waals surface area (Å²) in [5.41, 5.74) is 14.5. The van der Waals surface area contributed by atoms with Crippen LogP contribution in [0, 0.1) is 0 Å². The predicted octanol–water partition coefficient (Wildman–Crippen LogP) is 9.38. The van der Waals surface area contributed by atoms with E-state index in [0.29, 0.717) is 0 Å². The lowest BCUT2D eigenvalue weighted by Gasteiger charge is -2.18. The Morgan fingerprint density at radius 1 is 0.308 bits per heavy atom. The van der Waals surface area contributed by atoms with Crippen LogP contribution in [0.4, 0.5) is 11.4 Å². The highest BCUT2D eigenvalue weighted by Crippen LogP contribution is 2.34. The number of aromatic nitrogens is 6. The first-order valence-electron chi connectivity index (χ1n) is 16.8. The van der Waals surface area contributed by atoms with E-state index in [4.69, 9.17) is 9.98 Å². The molecule has 9 rings (SSSR count). The number of fused-ring (bicyclic) bond motifs is 2. The lowest BCUT2D eigenvalue weighted by atomic mass is 9.95. The molecule has 8 heteroatoms. The fraction of sp³-hybridized carbons (Fsp3) is 0. The third-order valence-corrected chi connectivity index (χ3v) is 8.96. The van der Waals surface area contributed by atoms with Crippen molar-refractivity contribution >= 4 is 22.8 Å². The van der Waals surface area contributed by atoms with Gasteiger partial charge in [0.25, 0.3) is 0 Å². The molecule has 6 aromatic heterocycles. The summed E-state index contributed by atoms with van der Waals surface area (Å²) in [6.07, 6.45) is 18.1.